The van der Waals surface area contributed by atoms with E-state index >= 15 is 0 Å². The molecule has 1 aliphatic carbocycles. The van der Waals surface area contributed by atoms with Gasteiger partial charge in [0, 0.05) is 0 Å². The second-order valence-electron chi connectivity index (χ2n) is 5.74. The maximum Gasteiger partial charge on any atom is 0.311 e. The Morgan fingerprint density at radius 3 is 1.33 bits per heavy atom. The first-order chi connectivity index (χ1) is 8.23. The van der Waals surface area contributed by atoms with Gasteiger partial charge in [0.2, 0.25) is 0 Å². The average molecular weight is 254 g/mol. The zero-order chi connectivity index (χ0) is 14.1. The minimum atomic E-state index is -1.23. The second-order valence-corrected chi connectivity index (χ2v) is 5.74. The molecule has 1 aliphatic rings. The van der Waals surface area contributed by atoms with Gasteiger partial charge in [-0.3, -0.25) is 9.59 Å². The fourth-order valence-electron chi connectivity index (χ4n) is 3.45. The van der Waals surface area contributed by atoms with Crippen molar-refractivity contribution in [2.45, 2.75) is 40.5 Å². The summed E-state index contributed by atoms with van der Waals surface area (Å²) in [6.07, 6.45) is 4.17. The third kappa shape index (κ3) is 1.66. The van der Waals surface area contributed by atoms with Gasteiger partial charge in [-0.25, -0.2) is 0 Å². The molecule has 0 saturated carbocycles. The molecule has 4 heteroatoms. The van der Waals surface area contributed by atoms with E-state index in [4.69, 9.17) is 0 Å². The zero-order valence-electron chi connectivity index (χ0n) is 11.4. The van der Waals surface area contributed by atoms with E-state index in [0.717, 1.165) is 0 Å². The molecule has 0 amide bonds. The van der Waals surface area contributed by atoms with Crippen LogP contribution in [0.5, 0.6) is 0 Å². The van der Waals surface area contributed by atoms with Crippen LogP contribution in [0.15, 0.2) is 12.2 Å². The van der Waals surface area contributed by atoms with Gasteiger partial charge in [0.25, 0.3) is 0 Å². The Bertz CT molecular complexity index is 347. The number of aliphatic carboxylic acids is 2. The van der Waals surface area contributed by atoms with Gasteiger partial charge in [-0.2, -0.15) is 0 Å². The molecule has 4 nitrogen and oxygen atoms in total. The molecule has 2 atom stereocenters. The Balaban J connectivity index is 3.58. The van der Waals surface area contributed by atoms with E-state index in [1.807, 2.05) is 0 Å². The number of rotatable bonds is 4. The number of hydrogen-bond donors (Lipinski definition) is 2. The van der Waals surface area contributed by atoms with Crippen LogP contribution in [0.1, 0.15) is 40.5 Å². The summed E-state index contributed by atoms with van der Waals surface area (Å²) < 4.78 is 0. The smallest absolute Gasteiger partial charge is 0.311 e. The van der Waals surface area contributed by atoms with Crippen molar-refractivity contribution in [2.24, 2.45) is 22.7 Å². The Hall–Kier alpha value is -1.32. The molecular weight excluding hydrogens is 232 g/mol. The molecule has 0 bridgehead atoms. The van der Waals surface area contributed by atoms with E-state index in [1.54, 1.807) is 39.8 Å². The van der Waals surface area contributed by atoms with Crippen molar-refractivity contribution in [3.05, 3.63) is 12.2 Å². The molecule has 0 radical (unpaired) electrons. The molecule has 0 aromatic heterocycles. The van der Waals surface area contributed by atoms with Crippen LogP contribution >= 0.6 is 0 Å². The summed E-state index contributed by atoms with van der Waals surface area (Å²) in [6.45, 7) is 7.20. The van der Waals surface area contributed by atoms with E-state index < -0.39 is 22.8 Å². The Kier molecular flexibility index (Phi) is 3.89. The molecular formula is C14H22O4. The number of carbonyl (C=O) groups is 2. The van der Waals surface area contributed by atoms with Gasteiger partial charge >= 0.3 is 11.9 Å². The largest absolute Gasteiger partial charge is 0.481 e. The molecule has 0 heterocycles. The van der Waals surface area contributed by atoms with Gasteiger partial charge in [-0.15, -0.1) is 0 Å². The number of hydrogen-bond acceptors (Lipinski definition) is 2. The molecule has 0 aromatic carbocycles. The van der Waals surface area contributed by atoms with Gasteiger partial charge in [0.15, 0.2) is 0 Å². The van der Waals surface area contributed by atoms with E-state index in [1.165, 1.54) is 0 Å². The predicted octanol–water partition coefficient (Wildman–Crippen LogP) is 2.79. The average Bonchev–Trinajstić information content (AvgIpc) is 2.27. The van der Waals surface area contributed by atoms with Crippen molar-refractivity contribution in [1.29, 1.82) is 0 Å². The van der Waals surface area contributed by atoms with Gasteiger partial charge < -0.3 is 10.2 Å². The van der Waals surface area contributed by atoms with Gasteiger partial charge in [-0.1, -0.05) is 39.8 Å². The zero-order valence-corrected chi connectivity index (χ0v) is 11.4. The summed E-state index contributed by atoms with van der Waals surface area (Å²) in [5.74, 6) is -2.48. The van der Waals surface area contributed by atoms with Gasteiger partial charge in [0.1, 0.15) is 0 Å². The summed E-state index contributed by atoms with van der Waals surface area (Å²) in [5, 5.41) is 19.4. The van der Waals surface area contributed by atoms with Crippen LogP contribution in [0.3, 0.4) is 0 Å². The lowest BCUT2D eigenvalue weighted by atomic mass is 9.49. The SMILES string of the molecule is CC(C)C1(C(=O)O)CC=CCC1(C(=O)O)C(C)C. The normalized spacial score (nSPS) is 31.9. The quantitative estimate of drug-likeness (QED) is 0.756. The fourth-order valence-corrected chi connectivity index (χ4v) is 3.45. The lowest BCUT2D eigenvalue weighted by Gasteiger charge is -2.51. The fraction of sp³-hybridized carbons (Fsp3) is 0.714. The number of allylic oxidation sites excluding steroid dienone is 2. The minimum Gasteiger partial charge on any atom is -0.481 e. The summed E-state index contributed by atoms with van der Waals surface area (Å²) in [6, 6.07) is 0. The lowest BCUT2D eigenvalue weighted by Crippen LogP contribution is -2.58. The van der Waals surface area contributed by atoms with E-state index in [2.05, 4.69) is 0 Å². The highest BCUT2D eigenvalue weighted by Crippen LogP contribution is 2.57. The molecule has 0 fully saturated rings. The maximum absolute atomic E-state index is 11.8. The lowest BCUT2D eigenvalue weighted by molar-refractivity contribution is -0.186. The molecule has 0 saturated heterocycles. The Labute approximate surface area is 108 Å². The van der Waals surface area contributed by atoms with Crippen LogP contribution in [0, 0.1) is 22.7 Å². The highest BCUT2D eigenvalue weighted by atomic mass is 16.4. The van der Waals surface area contributed by atoms with Crippen LogP contribution in [-0.4, -0.2) is 22.2 Å². The molecule has 102 valence electrons. The van der Waals surface area contributed by atoms with Crippen LogP contribution in [0.2, 0.25) is 0 Å². The molecule has 0 aliphatic heterocycles. The predicted molar refractivity (Wildman–Crippen MR) is 68.2 cm³/mol. The minimum absolute atomic E-state index is 0.238. The second kappa shape index (κ2) is 4.75. The summed E-state index contributed by atoms with van der Waals surface area (Å²) in [7, 11) is 0. The maximum atomic E-state index is 11.8. The molecule has 0 spiro atoms. The standard InChI is InChI=1S/C14H22O4/c1-9(2)13(11(15)16)7-5-6-8-14(13,10(3)4)12(17)18/h5-6,9-10H,7-8H2,1-4H3,(H,15,16)(H,17,18). The molecule has 2 N–H and O–H groups in total. The van der Waals surface area contributed by atoms with E-state index in [-0.39, 0.29) is 24.7 Å². The molecule has 0 aromatic rings. The monoisotopic (exact) mass is 254 g/mol. The van der Waals surface area contributed by atoms with E-state index in [0.29, 0.717) is 0 Å². The molecule has 2 unspecified atom stereocenters. The Morgan fingerprint density at radius 2 is 1.17 bits per heavy atom. The van der Waals surface area contributed by atoms with Crippen LogP contribution < -0.4 is 0 Å². The Morgan fingerprint density at radius 1 is 0.889 bits per heavy atom. The first-order valence-electron chi connectivity index (χ1n) is 6.35. The summed E-state index contributed by atoms with van der Waals surface area (Å²) >= 11 is 0. The third-order valence-electron chi connectivity index (χ3n) is 4.58. The topological polar surface area (TPSA) is 74.6 Å². The molecule has 1 rings (SSSR count). The highest BCUT2D eigenvalue weighted by molar-refractivity contribution is 5.88. The third-order valence-corrected chi connectivity index (χ3v) is 4.58. The van der Waals surface area contributed by atoms with Crippen molar-refractivity contribution < 1.29 is 19.8 Å². The summed E-state index contributed by atoms with van der Waals surface area (Å²) in [4.78, 5) is 23.7. The van der Waals surface area contributed by atoms with Crippen LogP contribution in [0.4, 0.5) is 0 Å². The first kappa shape index (κ1) is 14.7. The van der Waals surface area contributed by atoms with Crippen LogP contribution in [0.25, 0.3) is 0 Å². The first-order valence-corrected chi connectivity index (χ1v) is 6.35. The van der Waals surface area contributed by atoms with Crippen molar-refractivity contribution in [3.63, 3.8) is 0 Å². The van der Waals surface area contributed by atoms with Crippen molar-refractivity contribution in [3.8, 4) is 0 Å². The molecule has 18 heavy (non-hydrogen) atoms. The van der Waals surface area contributed by atoms with E-state index in [9.17, 15) is 19.8 Å². The van der Waals surface area contributed by atoms with Crippen molar-refractivity contribution in [1.82, 2.24) is 0 Å². The van der Waals surface area contributed by atoms with Gasteiger partial charge in [0.05, 0.1) is 10.8 Å². The number of carboxylic acid groups (broad SMARTS) is 2. The van der Waals surface area contributed by atoms with Crippen molar-refractivity contribution in [2.75, 3.05) is 0 Å². The van der Waals surface area contributed by atoms with Gasteiger partial charge in [-0.05, 0) is 24.7 Å². The summed E-state index contributed by atoms with van der Waals surface area (Å²) in [5.41, 5.74) is -2.47. The highest BCUT2D eigenvalue weighted by Gasteiger charge is 2.64. The number of carboxylic acids is 2. The van der Waals surface area contributed by atoms with Crippen molar-refractivity contribution >= 4 is 11.9 Å². The van der Waals surface area contributed by atoms with Crippen LogP contribution in [-0.2, 0) is 9.59 Å².